The van der Waals surface area contributed by atoms with Gasteiger partial charge >= 0.3 is 17.8 Å². The fourth-order valence-electron chi connectivity index (χ4n) is 9.82. The van der Waals surface area contributed by atoms with Gasteiger partial charge in [0.15, 0.2) is 23.1 Å². The average molecular weight is 969 g/mol. The van der Waals surface area contributed by atoms with Crippen LogP contribution >= 0.6 is 0 Å². The number of aromatic nitrogens is 6. The lowest BCUT2D eigenvalue weighted by molar-refractivity contribution is -0.192. The molecular formula is C45H49F5N10O9. The largest absolute Gasteiger partial charge is 0.503 e. The normalized spacial score (nSPS) is 21.7. The van der Waals surface area contributed by atoms with Gasteiger partial charge in [-0.3, -0.25) is 33.7 Å². The zero-order valence-corrected chi connectivity index (χ0v) is 37.6. The molecule has 5 aromatic rings. The Labute approximate surface area is 389 Å². The highest BCUT2D eigenvalue weighted by Gasteiger charge is 2.52. The van der Waals surface area contributed by atoms with Crippen molar-refractivity contribution in [1.82, 2.24) is 44.8 Å². The molecule has 3 amide bonds. The van der Waals surface area contributed by atoms with Crippen molar-refractivity contribution in [3.8, 4) is 23.1 Å². The van der Waals surface area contributed by atoms with Crippen molar-refractivity contribution in [3.05, 3.63) is 75.6 Å². The van der Waals surface area contributed by atoms with E-state index in [9.17, 15) is 46.2 Å². The highest BCUT2D eigenvalue weighted by Crippen LogP contribution is 2.57. The molecule has 3 saturated carbocycles. The predicted molar refractivity (Wildman–Crippen MR) is 233 cm³/mol. The number of benzene rings is 2. The molecule has 3 aromatic heterocycles. The summed E-state index contributed by atoms with van der Waals surface area (Å²) in [5.41, 5.74) is 2.07. The Hall–Kier alpha value is -6.98. The lowest BCUT2D eigenvalue weighted by atomic mass is 9.53. The number of nitrogens with one attached hydrogen (secondary N) is 2. The summed E-state index contributed by atoms with van der Waals surface area (Å²) in [5, 5.41) is 26.4. The molecule has 5 aliphatic rings. The molecule has 69 heavy (non-hydrogen) atoms. The number of halogens is 5. The van der Waals surface area contributed by atoms with E-state index >= 15 is 0 Å². The average Bonchev–Trinajstić information content (AvgIpc) is 3.94. The molecule has 368 valence electrons. The maximum Gasteiger partial charge on any atom is 0.490 e. The van der Waals surface area contributed by atoms with Gasteiger partial charge in [-0.2, -0.15) is 22.5 Å². The minimum atomic E-state index is -5.08. The number of anilines is 1. The summed E-state index contributed by atoms with van der Waals surface area (Å²) in [6.07, 6.45) is 3.68. The number of carboxylic acids is 1. The number of alkyl halides is 3. The third-order valence-corrected chi connectivity index (χ3v) is 13.9. The van der Waals surface area contributed by atoms with Gasteiger partial charge in [-0.1, -0.05) is 11.2 Å². The summed E-state index contributed by atoms with van der Waals surface area (Å²) in [4.78, 5) is 78.1. The smallest absolute Gasteiger partial charge is 0.490 e. The summed E-state index contributed by atoms with van der Waals surface area (Å²) in [6.45, 7) is 4.43. The first-order valence-electron chi connectivity index (χ1n) is 22.3. The summed E-state index contributed by atoms with van der Waals surface area (Å²) in [5.74, 6) is -6.87. The Morgan fingerprint density at radius 3 is 2.33 bits per heavy atom. The lowest BCUT2D eigenvalue weighted by Crippen LogP contribution is -2.49. The van der Waals surface area contributed by atoms with Crippen molar-refractivity contribution in [3.63, 3.8) is 0 Å². The number of nitrogens with zero attached hydrogens (tertiary/aromatic N) is 8. The van der Waals surface area contributed by atoms with Crippen LogP contribution in [0.4, 0.5) is 27.9 Å². The summed E-state index contributed by atoms with van der Waals surface area (Å²) in [7, 11) is 2.86. The fraction of sp³-hybridized carbons (Fsp3) is 0.489. The summed E-state index contributed by atoms with van der Waals surface area (Å²) < 4.78 is 74.0. The number of aliphatic carboxylic acids is 1. The van der Waals surface area contributed by atoms with Crippen LogP contribution in [0, 0.1) is 17.0 Å². The molecule has 4 N–H and O–H groups in total. The second-order valence-electron chi connectivity index (χ2n) is 18.0. The zero-order chi connectivity index (χ0) is 49.4. The molecule has 19 nitrogen and oxygen atoms in total. The third kappa shape index (κ3) is 9.83. The van der Waals surface area contributed by atoms with Gasteiger partial charge in [0.1, 0.15) is 11.7 Å². The van der Waals surface area contributed by atoms with Crippen LogP contribution in [-0.2, 0) is 33.3 Å². The number of amides is 3. The van der Waals surface area contributed by atoms with E-state index in [0.717, 1.165) is 108 Å². The van der Waals surface area contributed by atoms with Gasteiger partial charge in [0.25, 0.3) is 11.8 Å². The number of rotatable bonds is 12. The number of phenols is 1. The Morgan fingerprint density at radius 1 is 0.986 bits per heavy atom. The number of carbonyl (C=O) groups is 4. The van der Waals surface area contributed by atoms with Gasteiger partial charge < -0.3 is 29.7 Å². The number of piperidine rings is 1. The number of carbonyl (C=O) groups excluding carboxylic acids is 3. The van der Waals surface area contributed by atoms with Crippen LogP contribution in [0.5, 0.6) is 11.5 Å². The molecule has 2 aromatic carbocycles. The number of methoxy groups -OCH3 is 1. The number of imidazole rings is 1. The van der Waals surface area contributed by atoms with Gasteiger partial charge in [-0.15, -0.1) is 0 Å². The van der Waals surface area contributed by atoms with Gasteiger partial charge in [0, 0.05) is 57.8 Å². The maximum absolute atomic E-state index is 14.4. The number of hydrogen-bond donors (Lipinski definition) is 4. The number of phenolic OH excluding ortho intramolecular Hbond substituents is 1. The van der Waals surface area contributed by atoms with E-state index in [1.807, 2.05) is 18.2 Å². The van der Waals surface area contributed by atoms with Crippen LogP contribution in [0.15, 0.2) is 45.8 Å². The number of piperazine rings is 1. The van der Waals surface area contributed by atoms with E-state index in [1.165, 1.54) is 4.57 Å². The van der Waals surface area contributed by atoms with Gasteiger partial charge in [0.2, 0.25) is 23.6 Å². The molecule has 0 spiro atoms. The SMILES string of the molecule is COc1c(C(=O)NCC23CCC(c4noc(-c5ccnc(N6CCN(CCCc7ccc8c(c7)n(C)c(=O)n8[C@@H]7CCC(=O)NC7=O)CC6)n5)n4)(CC2)CC3)cc(F)c(O)c1F.O=C(O)C(F)(F)F. The van der Waals surface area contributed by atoms with Gasteiger partial charge in [-0.05, 0) is 99.6 Å². The monoisotopic (exact) mass is 968 g/mol. The first kappa shape index (κ1) is 48.5. The molecule has 0 radical (unpaired) electrons. The van der Waals surface area contributed by atoms with Crippen molar-refractivity contribution in [2.75, 3.05) is 51.3 Å². The van der Waals surface area contributed by atoms with Crippen LogP contribution in [0.1, 0.15) is 85.6 Å². The molecule has 2 saturated heterocycles. The van der Waals surface area contributed by atoms with Crippen molar-refractivity contribution in [1.29, 1.82) is 0 Å². The van der Waals surface area contributed by atoms with Crippen LogP contribution in [0.2, 0.25) is 0 Å². The Morgan fingerprint density at radius 2 is 1.68 bits per heavy atom. The zero-order valence-electron chi connectivity index (χ0n) is 37.6. The quantitative estimate of drug-likeness (QED) is 0.0990. The number of ether oxygens (including phenoxy) is 1. The number of fused-ring (bicyclic) bond motifs is 4. The molecule has 5 fully saturated rings. The number of carboxylic acid groups (broad SMARTS) is 1. The van der Waals surface area contributed by atoms with E-state index in [1.54, 1.807) is 23.9 Å². The van der Waals surface area contributed by atoms with Crippen LogP contribution in [0.25, 0.3) is 22.6 Å². The van der Waals surface area contributed by atoms with Crippen molar-refractivity contribution in [2.45, 2.75) is 81.8 Å². The highest BCUT2D eigenvalue weighted by atomic mass is 19.4. The highest BCUT2D eigenvalue weighted by molar-refractivity contribution is 6.00. The molecule has 24 heteroatoms. The summed E-state index contributed by atoms with van der Waals surface area (Å²) in [6, 6.07) is 7.76. The van der Waals surface area contributed by atoms with E-state index in [4.69, 9.17) is 29.1 Å². The number of aromatic hydroxyl groups is 1. The Kier molecular flexibility index (Phi) is 13.5. The van der Waals surface area contributed by atoms with Gasteiger partial charge in [0.05, 0.1) is 23.7 Å². The van der Waals surface area contributed by atoms with Crippen LogP contribution in [0.3, 0.4) is 0 Å². The second kappa shape index (κ2) is 19.2. The van der Waals surface area contributed by atoms with Crippen molar-refractivity contribution in [2.24, 2.45) is 12.5 Å². The third-order valence-electron chi connectivity index (χ3n) is 13.9. The van der Waals surface area contributed by atoms with Crippen LogP contribution < -0.4 is 26.0 Å². The topological polar surface area (TPSA) is 240 Å². The molecule has 5 heterocycles. The van der Waals surface area contributed by atoms with E-state index in [-0.39, 0.29) is 34.4 Å². The molecule has 2 bridgehead atoms. The van der Waals surface area contributed by atoms with Crippen molar-refractivity contribution < 1.29 is 60.6 Å². The first-order valence-corrected chi connectivity index (χ1v) is 22.3. The second-order valence-corrected chi connectivity index (χ2v) is 18.0. The number of aryl methyl sites for hydroxylation is 2. The number of hydrogen-bond acceptors (Lipinski definition) is 14. The van der Waals surface area contributed by atoms with E-state index < -0.39 is 53.1 Å². The molecule has 10 rings (SSSR count). The minimum Gasteiger partial charge on any atom is -0.503 e. The van der Waals surface area contributed by atoms with Gasteiger partial charge in [-0.25, -0.2) is 23.9 Å². The van der Waals surface area contributed by atoms with Crippen LogP contribution in [-0.4, -0.2) is 121 Å². The van der Waals surface area contributed by atoms with E-state index in [2.05, 4.69) is 30.6 Å². The predicted octanol–water partition coefficient (Wildman–Crippen LogP) is 4.56. The molecule has 0 unspecified atom stereocenters. The van der Waals surface area contributed by atoms with Crippen molar-refractivity contribution >= 4 is 40.7 Å². The molecule has 1 atom stereocenters. The Bertz CT molecular complexity index is 2830. The minimum absolute atomic E-state index is 0.177. The Balaban J connectivity index is 0.000000853. The fourth-order valence-corrected chi connectivity index (χ4v) is 9.82. The van der Waals surface area contributed by atoms with E-state index in [0.29, 0.717) is 41.8 Å². The molecule has 2 aliphatic heterocycles. The maximum atomic E-state index is 14.4. The summed E-state index contributed by atoms with van der Waals surface area (Å²) >= 11 is 0. The number of imide groups is 1. The lowest BCUT2D eigenvalue weighted by Gasteiger charge is -2.52. The molecular weight excluding hydrogens is 920 g/mol. The standard InChI is InChI=1S/C43H48F2N10O7.C2HF3O2/c1-52-31-22-25(5-6-29(31)55(41(52)60)30-7-8-32(56)49-37(30)59)4-3-17-53-18-20-54(21-19-53)40-46-16-9-28(48-40)38-50-39(51-62-38)43-13-10-42(11-14-43,12-15-43)24-47-36(58)26-23-27(44)34(57)33(45)35(26)61-2;3-2(4,5)1(6)7/h5-6,9,16,22-23,30,57H,3-4,7-8,10-15,17-21,24H2,1-2H3,(H,47,58)(H,49,56,59);(H,6,7)/t30-,42?,43?;/m1./s1. The molecule has 3 aliphatic carbocycles. The first-order chi connectivity index (χ1) is 32.8.